The monoisotopic (exact) mass is 265 g/mol. The van der Waals surface area contributed by atoms with E-state index in [0.29, 0.717) is 11.3 Å². The fraction of sp³-hybridized carbons (Fsp3) is 0.400. The van der Waals surface area contributed by atoms with Crippen molar-refractivity contribution in [2.24, 2.45) is 5.73 Å². The smallest absolute Gasteiger partial charge is 0.141 e. The standard InChI is InChI=1S/C10H13ClFNO2S/c11-9-5-8(1-2-10(9)12)16(15)6-7(13)3-4-14/h1-2,5,7,14H,3-4,6,13H2. The molecule has 0 aliphatic heterocycles. The summed E-state index contributed by atoms with van der Waals surface area (Å²) >= 11 is 5.57. The SMILES string of the molecule is NC(CCO)CS(=O)c1ccc(F)c(Cl)c1. The lowest BCUT2D eigenvalue weighted by Gasteiger charge is -2.09. The summed E-state index contributed by atoms with van der Waals surface area (Å²) in [5, 5.41) is 8.60. The van der Waals surface area contributed by atoms with Crippen molar-refractivity contribution in [3.8, 4) is 0 Å². The second-order valence-electron chi connectivity index (χ2n) is 3.36. The molecule has 3 N–H and O–H groups in total. The molecule has 0 aliphatic rings. The first-order valence-corrected chi connectivity index (χ1v) is 6.44. The number of hydrogen-bond acceptors (Lipinski definition) is 3. The molecule has 1 rings (SSSR count). The van der Waals surface area contributed by atoms with E-state index in [9.17, 15) is 8.60 Å². The maximum atomic E-state index is 12.9. The Morgan fingerprint density at radius 1 is 1.56 bits per heavy atom. The predicted molar refractivity (Wildman–Crippen MR) is 62.4 cm³/mol. The molecule has 0 heterocycles. The molecule has 0 amide bonds. The molecule has 0 saturated carbocycles. The van der Waals surface area contributed by atoms with E-state index < -0.39 is 16.6 Å². The third kappa shape index (κ3) is 3.83. The molecule has 0 aliphatic carbocycles. The van der Waals surface area contributed by atoms with Crippen LogP contribution in [-0.4, -0.2) is 27.7 Å². The van der Waals surface area contributed by atoms with Crippen molar-refractivity contribution >= 4 is 22.4 Å². The normalized spacial score (nSPS) is 14.8. The minimum Gasteiger partial charge on any atom is -0.396 e. The maximum Gasteiger partial charge on any atom is 0.141 e. The number of hydrogen-bond donors (Lipinski definition) is 2. The summed E-state index contributed by atoms with van der Waals surface area (Å²) < 4.78 is 24.6. The van der Waals surface area contributed by atoms with E-state index in [1.165, 1.54) is 18.2 Å². The Labute approximate surface area is 101 Å². The van der Waals surface area contributed by atoms with Crippen LogP contribution in [0, 0.1) is 5.82 Å². The maximum absolute atomic E-state index is 12.9. The Balaban J connectivity index is 2.69. The molecule has 0 aromatic heterocycles. The zero-order chi connectivity index (χ0) is 12.1. The number of halogens is 2. The predicted octanol–water partition coefficient (Wildman–Crippen LogP) is 1.30. The summed E-state index contributed by atoms with van der Waals surface area (Å²) in [6, 6.07) is 3.59. The van der Waals surface area contributed by atoms with Gasteiger partial charge in [-0.05, 0) is 24.6 Å². The molecule has 90 valence electrons. The molecule has 0 bridgehead atoms. The Kier molecular flexibility index (Phi) is 5.34. The van der Waals surface area contributed by atoms with E-state index in [1.54, 1.807) is 0 Å². The van der Waals surface area contributed by atoms with Gasteiger partial charge in [-0.2, -0.15) is 0 Å². The molecule has 0 saturated heterocycles. The van der Waals surface area contributed by atoms with E-state index in [1.807, 2.05) is 0 Å². The zero-order valence-corrected chi connectivity index (χ0v) is 10.1. The third-order valence-electron chi connectivity index (χ3n) is 2.02. The van der Waals surface area contributed by atoms with E-state index in [-0.39, 0.29) is 23.4 Å². The fourth-order valence-electron chi connectivity index (χ4n) is 1.16. The third-order valence-corrected chi connectivity index (χ3v) is 3.82. The zero-order valence-electron chi connectivity index (χ0n) is 8.53. The summed E-state index contributed by atoms with van der Waals surface area (Å²) in [5.41, 5.74) is 5.63. The number of benzene rings is 1. The fourth-order valence-corrected chi connectivity index (χ4v) is 2.62. The van der Waals surface area contributed by atoms with Crippen molar-refractivity contribution in [2.75, 3.05) is 12.4 Å². The Bertz CT molecular complexity index is 389. The summed E-state index contributed by atoms with van der Waals surface area (Å²) in [7, 11) is -1.32. The van der Waals surface area contributed by atoms with Gasteiger partial charge in [0.15, 0.2) is 0 Å². The van der Waals surface area contributed by atoms with Gasteiger partial charge in [0.25, 0.3) is 0 Å². The molecule has 2 unspecified atom stereocenters. The van der Waals surface area contributed by atoms with Gasteiger partial charge in [0.1, 0.15) is 5.82 Å². The first-order valence-electron chi connectivity index (χ1n) is 4.74. The largest absolute Gasteiger partial charge is 0.396 e. The molecule has 0 radical (unpaired) electrons. The van der Waals surface area contributed by atoms with Crippen LogP contribution in [0.15, 0.2) is 23.1 Å². The quantitative estimate of drug-likeness (QED) is 0.843. The highest BCUT2D eigenvalue weighted by molar-refractivity contribution is 7.85. The highest BCUT2D eigenvalue weighted by Gasteiger charge is 2.11. The molecular weight excluding hydrogens is 253 g/mol. The van der Waals surface area contributed by atoms with Crippen molar-refractivity contribution in [2.45, 2.75) is 17.4 Å². The second kappa shape index (κ2) is 6.30. The van der Waals surface area contributed by atoms with Crippen LogP contribution in [0.25, 0.3) is 0 Å². The molecule has 0 spiro atoms. The number of aliphatic hydroxyl groups is 1. The lowest BCUT2D eigenvalue weighted by atomic mass is 10.3. The van der Waals surface area contributed by atoms with Crippen LogP contribution in [0.4, 0.5) is 4.39 Å². The van der Waals surface area contributed by atoms with Gasteiger partial charge in [-0.1, -0.05) is 11.6 Å². The Hall–Kier alpha value is -0.490. The summed E-state index contributed by atoms with van der Waals surface area (Å²) in [6.45, 7) is -0.0391. The molecule has 6 heteroatoms. The van der Waals surface area contributed by atoms with E-state index in [0.717, 1.165) is 0 Å². The Morgan fingerprint density at radius 3 is 2.81 bits per heavy atom. The van der Waals surface area contributed by atoms with E-state index >= 15 is 0 Å². The minimum absolute atomic E-state index is 0.0391. The van der Waals surface area contributed by atoms with Gasteiger partial charge in [-0.15, -0.1) is 0 Å². The molecule has 0 fully saturated rings. The van der Waals surface area contributed by atoms with Crippen molar-refractivity contribution in [3.05, 3.63) is 29.0 Å². The van der Waals surface area contributed by atoms with Crippen LogP contribution in [0.5, 0.6) is 0 Å². The average Bonchev–Trinajstić information content (AvgIpc) is 2.22. The van der Waals surface area contributed by atoms with Gasteiger partial charge in [0.2, 0.25) is 0 Å². The number of aliphatic hydroxyl groups excluding tert-OH is 1. The van der Waals surface area contributed by atoms with Crippen LogP contribution >= 0.6 is 11.6 Å². The molecule has 3 nitrogen and oxygen atoms in total. The Morgan fingerprint density at radius 2 is 2.25 bits per heavy atom. The summed E-state index contributed by atoms with van der Waals surface area (Å²) in [5.74, 6) is -0.315. The van der Waals surface area contributed by atoms with Gasteiger partial charge in [0.05, 0.1) is 15.8 Å². The van der Waals surface area contributed by atoms with Crippen LogP contribution < -0.4 is 5.73 Å². The van der Waals surface area contributed by atoms with Gasteiger partial charge < -0.3 is 10.8 Å². The second-order valence-corrected chi connectivity index (χ2v) is 5.26. The van der Waals surface area contributed by atoms with Gasteiger partial charge >= 0.3 is 0 Å². The van der Waals surface area contributed by atoms with Crippen LogP contribution in [-0.2, 0) is 10.8 Å². The van der Waals surface area contributed by atoms with Gasteiger partial charge in [-0.3, -0.25) is 4.21 Å². The lowest BCUT2D eigenvalue weighted by molar-refractivity contribution is 0.279. The van der Waals surface area contributed by atoms with Gasteiger partial charge in [0, 0.05) is 23.3 Å². The van der Waals surface area contributed by atoms with E-state index in [2.05, 4.69) is 0 Å². The number of nitrogens with two attached hydrogens (primary N) is 1. The van der Waals surface area contributed by atoms with Crippen LogP contribution in [0.3, 0.4) is 0 Å². The van der Waals surface area contributed by atoms with Crippen LogP contribution in [0.2, 0.25) is 5.02 Å². The van der Waals surface area contributed by atoms with Crippen molar-refractivity contribution in [1.82, 2.24) is 0 Å². The van der Waals surface area contributed by atoms with Crippen LogP contribution in [0.1, 0.15) is 6.42 Å². The molecule has 16 heavy (non-hydrogen) atoms. The topological polar surface area (TPSA) is 63.3 Å². The molecule has 1 aromatic rings. The molecule has 2 atom stereocenters. The molecular formula is C10H13ClFNO2S. The van der Waals surface area contributed by atoms with Crippen molar-refractivity contribution in [3.63, 3.8) is 0 Å². The average molecular weight is 266 g/mol. The van der Waals surface area contributed by atoms with Gasteiger partial charge in [-0.25, -0.2) is 4.39 Å². The van der Waals surface area contributed by atoms with E-state index in [4.69, 9.17) is 22.4 Å². The number of rotatable bonds is 5. The highest BCUT2D eigenvalue weighted by Crippen LogP contribution is 2.18. The van der Waals surface area contributed by atoms with Crippen molar-refractivity contribution < 1.29 is 13.7 Å². The van der Waals surface area contributed by atoms with Crippen molar-refractivity contribution in [1.29, 1.82) is 0 Å². The summed E-state index contributed by atoms with van der Waals surface area (Å²) in [4.78, 5) is 0.444. The molecule has 1 aromatic carbocycles. The minimum atomic E-state index is -1.32. The highest BCUT2D eigenvalue weighted by atomic mass is 35.5. The lowest BCUT2D eigenvalue weighted by Crippen LogP contribution is -2.28. The first-order chi connectivity index (χ1) is 7.54. The first kappa shape index (κ1) is 13.6. The summed E-state index contributed by atoms with van der Waals surface area (Å²) in [6.07, 6.45) is 0.390.